The fourth-order valence-corrected chi connectivity index (χ4v) is 2.34. The Kier molecular flexibility index (Phi) is 3.09. The van der Waals surface area contributed by atoms with Crippen molar-refractivity contribution in [2.75, 3.05) is 7.11 Å². The molecule has 0 saturated heterocycles. The molecular formula is C11H7ClN2OS. The maximum absolute atomic E-state index is 8.96. The Morgan fingerprint density at radius 1 is 1.38 bits per heavy atom. The number of hydrogen-bond acceptors (Lipinski definition) is 4. The second kappa shape index (κ2) is 4.52. The molecule has 0 saturated carbocycles. The van der Waals surface area contributed by atoms with Crippen molar-refractivity contribution >= 4 is 23.1 Å². The highest BCUT2D eigenvalue weighted by Crippen LogP contribution is 2.33. The maximum atomic E-state index is 8.96. The van der Waals surface area contributed by atoms with Gasteiger partial charge in [-0.05, 0) is 41.4 Å². The van der Waals surface area contributed by atoms with E-state index >= 15 is 0 Å². The van der Waals surface area contributed by atoms with Gasteiger partial charge in [-0.15, -0.1) is 0 Å². The normalized spacial score (nSPS) is 9.81. The van der Waals surface area contributed by atoms with Gasteiger partial charge in [-0.2, -0.15) is 9.64 Å². The van der Waals surface area contributed by atoms with E-state index in [1.807, 2.05) is 24.3 Å². The second-order valence-electron chi connectivity index (χ2n) is 3.02. The van der Waals surface area contributed by atoms with Gasteiger partial charge in [0.15, 0.2) is 5.15 Å². The van der Waals surface area contributed by atoms with Crippen LogP contribution in [0.3, 0.4) is 0 Å². The molecule has 0 bridgehead atoms. The number of nitriles is 1. The van der Waals surface area contributed by atoms with Gasteiger partial charge in [0.2, 0.25) is 0 Å². The molecule has 2 rings (SSSR count). The first-order valence-electron chi connectivity index (χ1n) is 4.46. The van der Waals surface area contributed by atoms with Crippen LogP contribution in [0, 0.1) is 11.3 Å². The molecule has 0 fully saturated rings. The summed E-state index contributed by atoms with van der Waals surface area (Å²) in [7, 11) is 1.61. The van der Waals surface area contributed by atoms with Crippen LogP contribution >= 0.6 is 23.1 Å². The number of halogens is 1. The summed E-state index contributed by atoms with van der Waals surface area (Å²) in [5.74, 6) is 0.776. The third-order valence-electron chi connectivity index (χ3n) is 2.11. The Bertz CT molecular complexity index is 542. The summed E-state index contributed by atoms with van der Waals surface area (Å²) in [5, 5.41) is 9.22. The molecule has 0 spiro atoms. The third-order valence-corrected chi connectivity index (χ3v) is 3.38. The summed E-state index contributed by atoms with van der Waals surface area (Å²) >= 11 is 7.03. The molecule has 0 aliphatic heterocycles. The minimum absolute atomic E-state index is 0.262. The van der Waals surface area contributed by atoms with E-state index in [4.69, 9.17) is 21.6 Å². The molecule has 0 aliphatic carbocycles. The van der Waals surface area contributed by atoms with E-state index in [2.05, 4.69) is 10.4 Å². The number of benzene rings is 1. The van der Waals surface area contributed by atoms with Gasteiger partial charge in [0.25, 0.3) is 0 Å². The van der Waals surface area contributed by atoms with Gasteiger partial charge in [0, 0.05) is 0 Å². The highest BCUT2D eigenvalue weighted by atomic mass is 35.5. The Balaban J connectivity index is 2.47. The van der Waals surface area contributed by atoms with Crippen LogP contribution in [-0.2, 0) is 0 Å². The van der Waals surface area contributed by atoms with Gasteiger partial charge in [-0.1, -0.05) is 11.6 Å². The second-order valence-corrected chi connectivity index (χ2v) is 4.15. The lowest BCUT2D eigenvalue weighted by atomic mass is 10.1. The molecule has 0 atom stereocenters. The van der Waals surface area contributed by atoms with Crippen LogP contribution in [0.2, 0.25) is 5.15 Å². The van der Waals surface area contributed by atoms with Crippen molar-refractivity contribution in [3.8, 4) is 22.3 Å². The lowest BCUT2D eigenvalue weighted by Crippen LogP contribution is -1.82. The number of nitrogens with zero attached hydrogens (tertiary/aromatic N) is 2. The van der Waals surface area contributed by atoms with E-state index in [-0.39, 0.29) is 5.15 Å². The monoisotopic (exact) mass is 250 g/mol. The predicted molar refractivity (Wildman–Crippen MR) is 63.8 cm³/mol. The summed E-state index contributed by atoms with van der Waals surface area (Å²) in [5.41, 5.74) is 1.35. The van der Waals surface area contributed by atoms with Crippen molar-refractivity contribution in [1.82, 2.24) is 4.37 Å². The Morgan fingerprint density at radius 3 is 2.62 bits per heavy atom. The zero-order valence-corrected chi connectivity index (χ0v) is 9.97. The van der Waals surface area contributed by atoms with Crippen molar-refractivity contribution in [3.05, 3.63) is 35.0 Å². The van der Waals surface area contributed by atoms with Crippen LogP contribution in [0.4, 0.5) is 0 Å². The third kappa shape index (κ3) is 1.87. The number of methoxy groups -OCH3 is 1. The standard InChI is InChI=1S/C11H7ClN2OS/c1-15-8-4-2-7(3-5-8)10-9(6-13)11(12)14-16-10/h2-5H,1H3. The first kappa shape index (κ1) is 10.9. The highest BCUT2D eigenvalue weighted by molar-refractivity contribution is 7.10. The molecule has 0 radical (unpaired) electrons. The van der Waals surface area contributed by atoms with E-state index in [0.29, 0.717) is 5.56 Å². The van der Waals surface area contributed by atoms with Crippen molar-refractivity contribution in [2.45, 2.75) is 0 Å². The lowest BCUT2D eigenvalue weighted by Gasteiger charge is -2.01. The van der Waals surface area contributed by atoms with Gasteiger partial charge in [0.1, 0.15) is 17.4 Å². The summed E-state index contributed by atoms with van der Waals surface area (Å²) in [6.07, 6.45) is 0. The van der Waals surface area contributed by atoms with Gasteiger partial charge >= 0.3 is 0 Å². The molecule has 1 aromatic carbocycles. The zero-order chi connectivity index (χ0) is 11.5. The van der Waals surface area contributed by atoms with Gasteiger partial charge in [-0.25, -0.2) is 0 Å². The molecule has 3 nitrogen and oxygen atoms in total. The summed E-state index contributed by atoms with van der Waals surface area (Å²) in [4.78, 5) is 0.787. The van der Waals surface area contributed by atoms with Crippen LogP contribution in [0.25, 0.3) is 10.4 Å². The van der Waals surface area contributed by atoms with Gasteiger partial charge < -0.3 is 4.74 Å². The molecule has 1 aromatic heterocycles. The minimum atomic E-state index is 0.262. The molecule has 16 heavy (non-hydrogen) atoms. The minimum Gasteiger partial charge on any atom is -0.497 e. The number of ether oxygens (including phenoxy) is 1. The van der Waals surface area contributed by atoms with Crippen LogP contribution in [0.15, 0.2) is 24.3 Å². The summed E-state index contributed by atoms with van der Waals surface area (Å²) in [6, 6.07) is 9.49. The lowest BCUT2D eigenvalue weighted by molar-refractivity contribution is 0.415. The first-order valence-corrected chi connectivity index (χ1v) is 5.61. The quantitative estimate of drug-likeness (QED) is 0.821. The molecule has 0 unspecified atom stereocenters. The fourth-order valence-electron chi connectivity index (χ4n) is 1.31. The van der Waals surface area contributed by atoms with Crippen LogP contribution in [0.5, 0.6) is 5.75 Å². The SMILES string of the molecule is COc1ccc(-c2snc(Cl)c2C#N)cc1. The van der Waals surface area contributed by atoms with E-state index in [9.17, 15) is 0 Å². The molecule has 0 amide bonds. The van der Waals surface area contributed by atoms with Crippen molar-refractivity contribution < 1.29 is 4.74 Å². The molecular weight excluding hydrogens is 244 g/mol. The average molecular weight is 251 g/mol. The summed E-state index contributed by atoms with van der Waals surface area (Å²) < 4.78 is 9.02. The maximum Gasteiger partial charge on any atom is 0.161 e. The summed E-state index contributed by atoms with van der Waals surface area (Å²) in [6.45, 7) is 0. The Hall–Kier alpha value is -1.57. The van der Waals surface area contributed by atoms with Crippen LogP contribution < -0.4 is 4.74 Å². The number of hydrogen-bond donors (Lipinski definition) is 0. The van der Waals surface area contributed by atoms with E-state index in [1.54, 1.807) is 7.11 Å². The first-order chi connectivity index (χ1) is 7.76. The van der Waals surface area contributed by atoms with Crippen LogP contribution in [0.1, 0.15) is 5.56 Å². The van der Waals surface area contributed by atoms with Crippen molar-refractivity contribution in [3.63, 3.8) is 0 Å². The van der Waals surface area contributed by atoms with Gasteiger partial charge in [-0.3, -0.25) is 0 Å². The Labute approximate surface area is 102 Å². The van der Waals surface area contributed by atoms with E-state index in [0.717, 1.165) is 16.2 Å². The predicted octanol–water partition coefficient (Wildman–Crippen LogP) is 3.34. The molecule has 1 heterocycles. The molecule has 0 aliphatic rings. The highest BCUT2D eigenvalue weighted by Gasteiger charge is 2.13. The van der Waals surface area contributed by atoms with E-state index in [1.165, 1.54) is 11.5 Å². The van der Waals surface area contributed by atoms with Crippen LogP contribution in [-0.4, -0.2) is 11.5 Å². The van der Waals surface area contributed by atoms with Crippen molar-refractivity contribution in [1.29, 1.82) is 5.26 Å². The topological polar surface area (TPSA) is 45.9 Å². The molecule has 0 N–H and O–H groups in total. The zero-order valence-electron chi connectivity index (χ0n) is 8.40. The molecule has 5 heteroatoms. The Morgan fingerprint density at radius 2 is 2.06 bits per heavy atom. The number of aromatic nitrogens is 1. The molecule has 2 aromatic rings. The fraction of sp³-hybridized carbons (Fsp3) is 0.0909. The average Bonchev–Trinajstić information content (AvgIpc) is 2.70. The number of rotatable bonds is 2. The smallest absolute Gasteiger partial charge is 0.161 e. The molecule has 80 valence electrons. The van der Waals surface area contributed by atoms with Gasteiger partial charge in [0.05, 0.1) is 12.0 Å². The van der Waals surface area contributed by atoms with Crippen molar-refractivity contribution in [2.24, 2.45) is 0 Å². The van der Waals surface area contributed by atoms with E-state index < -0.39 is 0 Å². The largest absolute Gasteiger partial charge is 0.497 e.